The lowest BCUT2D eigenvalue weighted by Crippen LogP contribution is -2.46. The molecule has 2 aromatic rings. The topological polar surface area (TPSA) is 37.8 Å². The largest absolute Gasteiger partial charge is 0.493 e. The van der Waals surface area contributed by atoms with Gasteiger partial charge in [-0.1, -0.05) is 12.1 Å². The third-order valence-electron chi connectivity index (χ3n) is 5.48. The first kappa shape index (κ1) is 20.6. The highest BCUT2D eigenvalue weighted by Crippen LogP contribution is 2.29. The van der Waals surface area contributed by atoms with Gasteiger partial charge in [0.05, 0.1) is 13.7 Å². The summed E-state index contributed by atoms with van der Waals surface area (Å²) in [6.45, 7) is 6.91. The van der Waals surface area contributed by atoms with E-state index in [0.29, 0.717) is 12.6 Å². The van der Waals surface area contributed by atoms with Crippen molar-refractivity contribution in [1.29, 1.82) is 0 Å². The zero-order valence-corrected chi connectivity index (χ0v) is 17.4. The number of rotatable bonds is 9. The maximum absolute atomic E-state index is 5.73. The molecule has 0 spiro atoms. The van der Waals surface area contributed by atoms with E-state index in [9.17, 15) is 0 Å². The second-order valence-electron chi connectivity index (χ2n) is 7.50. The van der Waals surface area contributed by atoms with Crippen molar-refractivity contribution >= 4 is 0 Å². The van der Waals surface area contributed by atoms with E-state index in [0.717, 1.165) is 44.1 Å². The first-order chi connectivity index (χ1) is 13.7. The van der Waals surface area contributed by atoms with Crippen LogP contribution in [-0.2, 0) is 13.0 Å². The minimum atomic E-state index is 0.599. The third-order valence-corrected chi connectivity index (χ3v) is 5.48. The van der Waals surface area contributed by atoms with Crippen LogP contribution in [0.4, 0.5) is 0 Å². The first-order valence-electron chi connectivity index (χ1n) is 10.3. The third kappa shape index (κ3) is 5.69. The van der Waals surface area contributed by atoms with Crippen LogP contribution < -0.4 is 9.47 Å². The monoisotopic (exact) mass is 383 g/mol. The molecule has 1 aliphatic rings. The van der Waals surface area contributed by atoms with Crippen molar-refractivity contribution in [3.8, 4) is 11.5 Å². The van der Waals surface area contributed by atoms with Crippen molar-refractivity contribution in [3.63, 3.8) is 0 Å². The molecule has 28 heavy (non-hydrogen) atoms. The van der Waals surface area contributed by atoms with Gasteiger partial charge in [-0.2, -0.15) is 0 Å². The minimum absolute atomic E-state index is 0.599. The van der Waals surface area contributed by atoms with Gasteiger partial charge in [0.15, 0.2) is 11.5 Å². The van der Waals surface area contributed by atoms with Gasteiger partial charge in [0.25, 0.3) is 0 Å². The lowest BCUT2D eigenvalue weighted by molar-refractivity contribution is 0.112. The highest BCUT2D eigenvalue weighted by Gasteiger charge is 2.23. The Morgan fingerprint density at radius 3 is 2.86 bits per heavy atom. The summed E-state index contributed by atoms with van der Waals surface area (Å²) in [7, 11) is 3.94. The van der Waals surface area contributed by atoms with Crippen LogP contribution in [0, 0.1) is 0 Å². The second-order valence-corrected chi connectivity index (χ2v) is 7.50. The van der Waals surface area contributed by atoms with Crippen molar-refractivity contribution in [2.45, 2.75) is 38.8 Å². The van der Waals surface area contributed by atoms with Gasteiger partial charge in [0, 0.05) is 44.0 Å². The van der Waals surface area contributed by atoms with Gasteiger partial charge in [0.1, 0.15) is 0 Å². The van der Waals surface area contributed by atoms with Gasteiger partial charge in [0.2, 0.25) is 0 Å². The Morgan fingerprint density at radius 1 is 1.21 bits per heavy atom. The van der Waals surface area contributed by atoms with Gasteiger partial charge in [-0.15, -0.1) is 0 Å². The fraction of sp³-hybridized carbons (Fsp3) is 0.522. The quantitative estimate of drug-likeness (QED) is 0.661. The summed E-state index contributed by atoms with van der Waals surface area (Å²) in [5.41, 5.74) is 2.45. The van der Waals surface area contributed by atoms with Crippen molar-refractivity contribution in [1.82, 2.24) is 14.8 Å². The Balaban J connectivity index is 1.55. The average molecular weight is 384 g/mol. The molecule has 1 aromatic carbocycles. The smallest absolute Gasteiger partial charge is 0.161 e. The molecule has 5 heteroatoms. The zero-order valence-electron chi connectivity index (χ0n) is 17.4. The summed E-state index contributed by atoms with van der Waals surface area (Å²) in [4.78, 5) is 9.50. The molecular weight excluding hydrogens is 350 g/mol. The summed E-state index contributed by atoms with van der Waals surface area (Å²) in [6, 6.07) is 13.0. The maximum Gasteiger partial charge on any atom is 0.161 e. The van der Waals surface area contributed by atoms with E-state index in [1.165, 1.54) is 24.1 Å². The number of likely N-dealkylation sites (tertiary alicyclic amines) is 1. The summed E-state index contributed by atoms with van der Waals surface area (Å²) in [5.74, 6) is 1.64. The number of likely N-dealkylation sites (N-methyl/N-ethyl adjacent to an activating group) is 1. The molecular formula is C23H33N3O2. The standard InChI is InChI=1S/C23H33N3O2/c1-4-28-23-16-19(10-11-22(23)27-3)17-26-14-7-9-21(18-26)25(2)15-12-20-8-5-6-13-24-20/h5-6,8,10-11,13,16,21H,4,7,9,12,14-15,17-18H2,1-3H3/t21-/m0/s1. The molecule has 0 aliphatic carbocycles. The Bertz CT molecular complexity index is 723. The van der Waals surface area contributed by atoms with Crippen molar-refractivity contribution < 1.29 is 9.47 Å². The van der Waals surface area contributed by atoms with E-state index in [2.05, 4.69) is 46.1 Å². The summed E-state index contributed by atoms with van der Waals surface area (Å²) >= 11 is 0. The molecule has 3 rings (SSSR count). The predicted molar refractivity (Wildman–Crippen MR) is 113 cm³/mol. The van der Waals surface area contributed by atoms with Crippen LogP contribution in [0.1, 0.15) is 31.0 Å². The lowest BCUT2D eigenvalue weighted by Gasteiger charge is -2.37. The molecule has 5 nitrogen and oxygen atoms in total. The van der Waals surface area contributed by atoms with Crippen LogP contribution in [0.15, 0.2) is 42.6 Å². The summed E-state index contributed by atoms with van der Waals surface area (Å²) in [6.07, 6.45) is 5.39. The highest BCUT2D eigenvalue weighted by molar-refractivity contribution is 5.43. The second kappa shape index (κ2) is 10.4. The fourth-order valence-electron chi connectivity index (χ4n) is 3.90. The number of benzene rings is 1. The number of pyridine rings is 1. The fourth-order valence-corrected chi connectivity index (χ4v) is 3.90. The van der Waals surface area contributed by atoms with E-state index >= 15 is 0 Å². The first-order valence-corrected chi connectivity index (χ1v) is 10.3. The molecule has 1 fully saturated rings. The Morgan fingerprint density at radius 2 is 2.11 bits per heavy atom. The van der Waals surface area contributed by atoms with E-state index in [1.807, 2.05) is 25.3 Å². The number of aromatic nitrogens is 1. The van der Waals surface area contributed by atoms with Gasteiger partial charge >= 0.3 is 0 Å². The molecule has 1 atom stereocenters. The summed E-state index contributed by atoms with van der Waals surface area (Å²) < 4.78 is 11.1. The molecule has 1 aliphatic heterocycles. The molecule has 1 aromatic heterocycles. The number of hydrogen-bond donors (Lipinski definition) is 0. The molecule has 1 saturated heterocycles. The highest BCUT2D eigenvalue weighted by atomic mass is 16.5. The van der Waals surface area contributed by atoms with Crippen LogP contribution in [0.5, 0.6) is 11.5 Å². The van der Waals surface area contributed by atoms with Gasteiger partial charge in [-0.25, -0.2) is 0 Å². The summed E-state index contributed by atoms with van der Waals surface area (Å²) in [5, 5.41) is 0. The van der Waals surface area contributed by atoms with Crippen molar-refractivity contribution in [2.24, 2.45) is 0 Å². The van der Waals surface area contributed by atoms with Crippen LogP contribution in [0.25, 0.3) is 0 Å². The number of methoxy groups -OCH3 is 1. The van der Waals surface area contributed by atoms with E-state index in [1.54, 1.807) is 7.11 Å². The van der Waals surface area contributed by atoms with Crippen LogP contribution >= 0.6 is 0 Å². The molecule has 0 amide bonds. The van der Waals surface area contributed by atoms with Gasteiger partial charge < -0.3 is 14.4 Å². The molecule has 2 heterocycles. The van der Waals surface area contributed by atoms with E-state index in [4.69, 9.17) is 9.47 Å². The Hall–Kier alpha value is -2.11. The van der Waals surface area contributed by atoms with Crippen LogP contribution in [0.2, 0.25) is 0 Å². The Kier molecular flexibility index (Phi) is 7.69. The Labute approximate surface area is 169 Å². The van der Waals surface area contributed by atoms with E-state index in [-0.39, 0.29) is 0 Å². The van der Waals surface area contributed by atoms with Gasteiger partial charge in [-0.3, -0.25) is 9.88 Å². The van der Waals surface area contributed by atoms with Crippen molar-refractivity contribution in [3.05, 3.63) is 53.9 Å². The number of ether oxygens (including phenoxy) is 2. The SMILES string of the molecule is CCOc1cc(CN2CCC[C@H](N(C)CCc3ccccn3)C2)ccc1OC. The average Bonchev–Trinajstić information content (AvgIpc) is 2.73. The predicted octanol–water partition coefficient (Wildman–Crippen LogP) is 3.63. The van der Waals surface area contributed by atoms with Crippen LogP contribution in [-0.4, -0.2) is 61.2 Å². The maximum atomic E-state index is 5.73. The van der Waals surface area contributed by atoms with Crippen molar-refractivity contribution in [2.75, 3.05) is 40.4 Å². The van der Waals surface area contributed by atoms with Crippen LogP contribution in [0.3, 0.4) is 0 Å². The molecule has 0 saturated carbocycles. The molecule has 152 valence electrons. The molecule has 0 N–H and O–H groups in total. The molecule has 0 unspecified atom stereocenters. The molecule has 0 bridgehead atoms. The van der Waals surface area contributed by atoms with E-state index < -0.39 is 0 Å². The number of hydrogen-bond acceptors (Lipinski definition) is 5. The normalized spacial score (nSPS) is 17.6. The zero-order chi connectivity index (χ0) is 19.8. The number of piperidine rings is 1. The lowest BCUT2D eigenvalue weighted by atomic mass is 10.0. The molecule has 0 radical (unpaired) electrons. The minimum Gasteiger partial charge on any atom is -0.493 e. The van der Waals surface area contributed by atoms with Gasteiger partial charge in [-0.05, 0) is 63.2 Å². The number of nitrogens with zero attached hydrogens (tertiary/aromatic N) is 3.